The van der Waals surface area contributed by atoms with Crippen LogP contribution in [0.15, 0.2) is 40.1 Å². The average molecular weight is 461 g/mol. The van der Waals surface area contributed by atoms with Crippen molar-refractivity contribution in [1.29, 1.82) is 0 Å². The molecule has 1 amide bonds. The van der Waals surface area contributed by atoms with Crippen LogP contribution in [0.2, 0.25) is 0 Å². The molecule has 7 heteroatoms. The van der Waals surface area contributed by atoms with Crippen LogP contribution in [-0.4, -0.2) is 38.6 Å². The molecule has 1 saturated heterocycles. The predicted octanol–water partition coefficient (Wildman–Crippen LogP) is 5.00. The highest BCUT2D eigenvalue weighted by molar-refractivity contribution is 7.98. The number of piperidine rings is 1. The molecular formula is C24H32N2O3S2. The van der Waals surface area contributed by atoms with E-state index in [4.69, 9.17) is 0 Å². The van der Waals surface area contributed by atoms with E-state index in [2.05, 4.69) is 17.7 Å². The maximum atomic E-state index is 13.2. The van der Waals surface area contributed by atoms with E-state index in [1.165, 1.54) is 23.4 Å². The van der Waals surface area contributed by atoms with Crippen LogP contribution < -0.4 is 4.72 Å². The lowest BCUT2D eigenvalue weighted by atomic mass is 9.97. The van der Waals surface area contributed by atoms with Gasteiger partial charge in [-0.05, 0) is 93.7 Å². The first-order chi connectivity index (χ1) is 14.6. The molecule has 0 bridgehead atoms. The van der Waals surface area contributed by atoms with Gasteiger partial charge >= 0.3 is 0 Å². The Hall–Kier alpha value is -1.83. The van der Waals surface area contributed by atoms with Crippen molar-refractivity contribution in [3.05, 3.63) is 58.1 Å². The molecule has 1 aliphatic rings. The number of rotatable bonds is 6. The summed E-state index contributed by atoms with van der Waals surface area (Å²) in [5, 5.41) is 0. The van der Waals surface area contributed by atoms with Crippen molar-refractivity contribution in [2.75, 3.05) is 19.3 Å². The first-order valence-electron chi connectivity index (χ1n) is 10.7. The van der Waals surface area contributed by atoms with Crippen molar-refractivity contribution >= 4 is 27.7 Å². The van der Waals surface area contributed by atoms with Gasteiger partial charge in [0, 0.05) is 24.0 Å². The Morgan fingerprint density at radius 3 is 2.29 bits per heavy atom. The standard InChI is InChI=1S/C24H32N2O3S2/c1-16-13-18(3)21(14-17(16)2)19(4)25-31(28,29)20-9-10-23(30-5)22(15-20)24(27)26-11-7-6-8-12-26/h9-10,13-15,19,25H,6-8,11-12H2,1-5H3/t19-/m0/s1. The monoisotopic (exact) mass is 460 g/mol. The summed E-state index contributed by atoms with van der Waals surface area (Å²) in [6.45, 7) is 9.38. The highest BCUT2D eigenvalue weighted by Gasteiger charge is 2.25. The van der Waals surface area contributed by atoms with E-state index < -0.39 is 10.0 Å². The van der Waals surface area contributed by atoms with Crippen LogP contribution in [0, 0.1) is 20.8 Å². The lowest BCUT2D eigenvalue weighted by molar-refractivity contribution is 0.0720. The minimum Gasteiger partial charge on any atom is -0.339 e. The Morgan fingerprint density at radius 1 is 1.00 bits per heavy atom. The number of benzene rings is 2. The molecule has 1 atom stereocenters. The summed E-state index contributed by atoms with van der Waals surface area (Å²) in [5.74, 6) is -0.0841. The highest BCUT2D eigenvalue weighted by atomic mass is 32.2. The number of nitrogens with zero attached hydrogens (tertiary/aromatic N) is 1. The second-order valence-electron chi connectivity index (χ2n) is 8.35. The summed E-state index contributed by atoms with van der Waals surface area (Å²) in [4.78, 5) is 15.9. The van der Waals surface area contributed by atoms with Crippen LogP contribution in [-0.2, 0) is 10.0 Å². The Balaban J connectivity index is 1.90. The third-order valence-electron chi connectivity index (χ3n) is 6.04. The van der Waals surface area contributed by atoms with E-state index >= 15 is 0 Å². The second-order valence-corrected chi connectivity index (χ2v) is 10.9. The van der Waals surface area contributed by atoms with Crippen molar-refractivity contribution in [3.8, 4) is 0 Å². The molecule has 2 aromatic rings. The molecule has 0 saturated carbocycles. The first kappa shape index (κ1) is 23.8. The third kappa shape index (κ3) is 5.33. The van der Waals surface area contributed by atoms with Gasteiger partial charge in [0.05, 0.1) is 10.5 Å². The average Bonchev–Trinajstić information content (AvgIpc) is 2.75. The molecule has 0 aliphatic carbocycles. The van der Waals surface area contributed by atoms with Crippen LogP contribution in [0.25, 0.3) is 0 Å². The molecule has 1 N–H and O–H groups in total. The number of aryl methyl sites for hydroxylation is 3. The lowest BCUT2D eigenvalue weighted by Crippen LogP contribution is -2.36. The topological polar surface area (TPSA) is 66.5 Å². The van der Waals surface area contributed by atoms with Crippen molar-refractivity contribution in [2.45, 2.75) is 62.8 Å². The van der Waals surface area contributed by atoms with Crippen LogP contribution in [0.5, 0.6) is 0 Å². The van der Waals surface area contributed by atoms with Gasteiger partial charge in [-0.1, -0.05) is 12.1 Å². The zero-order valence-electron chi connectivity index (χ0n) is 19.0. The molecule has 5 nitrogen and oxygen atoms in total. The number of amides is 1. The minimum absolute atomic E-state index is 0.0841. The number of sulfonamides is 1. The lowest BCUT2D eigenvalue weighted by Gasteiger charge is -2.27. The zero-order chi connectivity index (χ0) is 22.8. The molecule has 0 radical (unpaired) electrons. The Morgan fingerprint density at radius 2 is 1.65 bits per heavy atom. The van der Waals surface area contributed by atoms with Crippen LogP contribution in [0.4, 0.5) is 0 Å². The molecule has 2 aromatic carbocycles. The van der Waals surface area contributed by atoms with Crippen molar-refractivity contribution in [1.82, 2.24) is 9.62 Å². The molecule has 0 unspecified atom stereocenters. The van der Waals surface area contributed by atoms with Gasteiger partial charge in [0.25, 0.3) is 5.91 Å². The Bertz CT molecular complexity index is 1070. The molecule has 168 valence electrons. The molecular weight excluding hydrogens is 428 g/mol. The number of thioether (sulfide) groups is 1. The van der Waals surface area contributed by atoms with Gasteiger partial charge in [0.15, 0.2) is 0 Å². The number of carbonyl (C=O) groups excluding carboxylic acids is 1. The predicted molar refractivity (Wildman–Crippen MR) is 127 cm³/mol. The molecule has 1 aliphatic heterocycles. The van der Waals surface area contributed by atoms with Gasteiger partial charge in [-0.15, -0.1) is 11.8 Å². The molecule has 1 fully saturated rings. The quantitative estimate of drug-likeness (QED) is 0.616. The summed E-state index contributed by atoms with van der Waals surface area (Å²) in [6.07, 6.45) is 5.02. The number of hydrogen-bond donors (Lipinski definition) is 1. The number of hydrogen-bond acceptors (Lipinski definition) is 4. The number of nitrogens with one attached hydrogen (secondary N) is 1. The number of likely N-dealkylation sites (tertiary alicyclic amines) is 1. The Labute approximate surface area is 190 Å². The van der Waals surface area contributed by atoms with Gasteiger partial charge < -0.3 is 4.90 Å². The van der Waals surface area contributed by atoms with Gasteiger partial charge in [-0.25, -0.2) is 13.1 Å². The zero-order valence-corrected chi connectivity index (χ0v) is 20.6. The second kappa shape index (κ2) is 9.76. The normalized spacial score (nSPS) is 15.7. The van der Waals surface area contributed by atoms with Crippen LogP contribution in [0.1, 0.15) is 64.8 Å². The van der Waals surface area contributed by atoms with E-state index in [9.17, 15) is 13.2 Å². The summed E-state index contributed by atoms with van der Waals surface area (Å²) < 4.78 is 29.2. The SMILES string of the molecule is CSc1ccc(S(=O)(=O)N[C@@H](C)c2cc(C)c(C)cc2C)cc1C(=O)N1CCCCC1. The fourth-order valence-electron chi connectivity index (χ4n) is 4.10. The Kier molecular flexibility index (Phi) is 7.50. The van der Waals surface area contributed by atoms with Crippen molar-refractivity contribution in [2.24, 2.45) is 0 Å². The van der Waals surface area contributed by atoms with Gasteiger partial charge in [-0.2, -0.15) is 0 Å². The minimum atomic E-state index is -3.79. The van der Waals surface area contributed by atoms with E-state index in [0.29, 0.717) is 5.56 Å². The molecule has 0 spiro atoms. The molecule has 31 heavy (non-hydrogen) atoms. The summed E-state index contributed by atoms with van der Waals surface area (Å²) >= 11 is 1.46. The van der Waals surface area contributed by atoms with E-state index in [1.54, 1.807) is 12.1 Å². The number of carbonyl (C=O) groups is 1. The maximum absolute atomic E-state index is 13.2. The first-order valence-corrected chi connectivity index (χ1v) is 13.4. The van der Waals surface area contributed by atoms with Crippen molar-refractivity contribution < 1.29 is 13.2 Å². The van der Waals surface area contributed by atoms with E-state index in [0.717, 1.165) is 53.9 Å². The van der Waals surface area contributed by atoms with Gasteiger partial charge in [-0.3, -0.25) is 4.79 Å². The smallest absolute Gasteiger partial charge is 0.255 e. The fourth-order valence-corrected chi connectivity index (χ4v) is 5.92. The highest BCUT2D eigenvalue weighted by Crippen LogP contribution is 2.28. The third-order valence-corrected chi connectivity index (χ3v) is 8.37. The molecule has 3 rings (SSSR count). The van der Waals surface area contributed by atoms with E-state index in [-0.39, 0.29) is 16.8 Å². The largest absolute Gasteiger partial charge is 0.339 e. The summed E-state index contributed by atoms with van der Waals surface area (Å²) in [5.41, 5.74) is 4.79. The molecule has 0 aromatic heterocycles. The van der Waals surface area contributed by atoms with Gasteiger partial charge in [0.2, 0.25) is 10.0 Å². The fraction of sp³-hybridized carbons (Fsp3) is 0.458. The molecule has 1 heterocycles. The van der Waals surface area contributed by atoms with Crippen LogP contribution in [0.3, 0.4) is 0 Å². The summed E-state index contributed by atoms with van der Waals surface area (Å²) in [7, 11) is -3.79. The van der Waals surface area contributed by atoms with E-state index in [1.807, 2.05) is 38.0 Å². The maximum Gasteiger partial charge on any atom is 0.255 e. The van der Waals surface area contributed by atoms with Crippen LogP contribution >= 0.6 is 11.8 Å². The van der Waals surface area contributed by atoms with Crippen molar-refractivity contribution in [3.63, 3.8) is 0 Å². The van der Waals surface area contributed by atoms with Gasteiger partial charge in [0.1, 0.15) is 0 Å². The summed E-state index contributed by atoms with van der Waals surface area (Å²) in [6, 6.07) is 8.60.